The summed E-state index contributed by atoms with van der Waals surface area (Å²) >= 11 is 0. The predicted molar refractivity (Wildman–Crippen MR) is 151 cm³/mol. The average Bonchev–Trinajstić information content (AvgIpc) is 3.59. The van der Waals surface area contributed by atoms with E-state index in [1.165, 1.54) is 17.7 Å². The fourth-order valence-corrected chi connectivity index (χ4v) is 5.90. The fraction of sp³-hybridized carbons (Fsp3) is 0.257. The average molecular weight is 559 g/mol. The number of hydrogen-bond acceptors (Lipinski definition) is 2. The van der Waals surface area contributed by atoms with E-state index in [2.05, 4.69) is 13.0 Å². The van der Waals surface area contributed by atoms with Crippen molar-refractivity contribution in [1.82, 2.24) is 0 Å². The Balaban J connectivity index is 1.43. The van der Waals surface area contributed by atoms with E-state index in [0.717, 1.165) is 35.1 Å². The number of Topliss-reactive ketones (excluding diaryl/α,β-unsaturated/α-hetero) is 2. The molecule has 0 aliphatic heterocycles. The molecule has 2 aliphatic carbocycles. The molecule has 0 radical (unpaired) electrons. The molecule has 0 aromatic heterocycles. The maximum Gasteiger partial charge on any atom is 0.176 e. The zero-order valence-corrected chi connectivity index (χ0v) is 22.7. The molecule has 3 aromatic carbocycles. The lowest BCUT2D eigenvalue weighted by Gasteiger charge is -2.22. The highest BCUT2D eigenvalue weighted by Crippen LogP contribution is 2.45. The standard InChI is InChI=1S/C35H30F4O2/c1-2-21-7-8-22(15-21)16-28(40)14-11-24-5-3-4-6-29(24)30-17-25(23-9-12-26(36)13-10-23)18-31(30)35(41)34-32(38)19-27(37)20-33(34)39/h3-10,12-13,18-20,30-31H,2,11,14-17H2,1H3. The van der Waals surface area contributed by atoms with Crippen molar-refractivity contribution in [2.45, 2.75) is 51.4 Å². The first kappa shape index (κ1) is 28.5. The van der Waals surface area contributed by atoms with Crippen molar-refractivity contribution in [2.24, 2.45) is 5.92 Å². The van der Waals surface area contributed by atoms with Crippen LogP contribution in [-0.4, -0.2) is 11.6 Å². The molecule has 0 fully saturated rings. The molecule has 0 spiro atoms. The van der Waals surface area contributed by atoms with Crippen LogP contribution in [0.15, 0.2) is 90.0 Å². The van der Waals surface area contributed by atoms with Gasteiger partial charge in [0.2, 0.25) is 0 Å². The monoisotopic (exact) mass is 558 g/mol. The van der Waals surface area contributed by atoms with Gasteiger partial charge in [0.1, 0.15) is 29.1 Å². The van der Waals surface area contributed by atoms with Crippen molar-refractivity contribution in [2.75, 3.05) is 0 Å². The summed E-state index contributed by atoms with van der Waals surface area (Å²) in [5, 5.41) is 0. The molecule has 41 heavy (non-hydrogen) atoms. The van der Waals surface area contributed by atoms with Crippen molar-refractivity contribution >= 4 is 17.1 Å². The molecule has 3 aromatic rings. The Morgan fingerprint density at radius 3 is 2.22 bits per heavy atom. The van der Waals surface area contributed by atoms with Gasteiger partial charge in [-0.25, -0.2) is 17.6 Å². The Bertz CT molecular complexity index is 1560. The van der Waals surface area contributed by atoms with E-state index in [9.17, 15) is 27.2 Å². The van der Waals surface area contributed by atoms with Crippen molar-refractivity contribution in [1.29, 1.82) is 0 Å². The van der Waals surface area contributed by atoms with E-state index in [1.54, 1.807) is 18.2 Å². The van der Waals surface area contributed by atoms with Gasteiger partial charge >= 0.3 is 0 Å². The highest BCUT2D eigenvalue weighted by atomic mass is 19.1. The summed E-state index contributed by atoms with van der Waals surface area (Å²) in [4.78, 5) is 26.5. The quantitative estimate of drug-likeness (QED) is 0.184. The van der Waals surface area contributed by atoms with Crippen LogP contribution in [-0.2, 0) is 11.2 Å². The van der Waals surface area contributed by atoms with Gasteiger partial charge in [-0.1, -0.05) is 72.7 Å². The number of allylic oxidation sites excluding steroid dienone is 6. The van der Waals surface area contributed by atoms with E-state index in [-0.39, 0.29) is 5.78 Å². The lowest BCUT2D eigenvalue weighted by molar-refractivity contribution is -0.118. The fourth-order valence-electron chi connectivity index (χ4n) is 5.90. The highest BCUT2D eigenvalue weighted by molar-refractivity contribution is 6.02. The van der Waals surface area contributed by atoms with Gasteiger partial charge < -0.3 is 0 Å². The molecule has 0 saturated heterocycles. The summed E-state index contributed by atoms with van der Waals surface area (Å²) in [6.45, 7) is 2.09. The van der Waals surface area contributed by atoms with Crippen molar-refractivity contribution in [3.8, 4) is 0 Å². The second kappa shape index (κ2) is 12.2. The molecule has 0 heterocycles. The molecule has 2 nitrogen and oxygen atoms in total. The number of benzene rings is 3. The summed E-state index contributed by atoms with van der Waals surface area (Å²) in [6.07, 6.45) is 9.11. The van der Waals surface area contributed by atoms with Crippen molar-refractivity contribution in [3.63, 3.8) is 0 Å². The van der Waals surface area contributed by atoms with Gasteiger partial charge in [0.25, 0.3) is 0 Å². The van der Waals surface area contributed by atoms with Crippen LogP contribution in [0.3, 0.4) is 0 Å². The lowest BCUT2D eigenvalue weighted by atomic mass is 9.80. The van der Waals surface area contributed by atoms with Gasteiger partial charge in [0.15, 0.2) is 5.78 Å². The van der Waals surface area contributed by atoms with Gasteiger partial charge in [0.05, 0.1) is 5.56 Å². The normalized spacial score (nSPS) is 18.2. The third-order valence-corrected chi connectivity index (χ3v) is 8.04. The third kappa shape index (κ3) is 6.32. The van der Waals surface area contributed by atoms with Crippen LogP contribution in [0.2, 0.25) is 0 Å². The van der Waals surface area contributed by atoms with Gasteiger partial charge in [-0.15, -0.1) is 0 Å². The minimum Gasteiger partial charge on any atom is -0.299 e. The maximum absolute atomic E-state index is 14.7. The van der Waals surface area contributed by atoms with E-state index in [0.29, 0.717) is 43.4 Å². The van der Waals surface area contributed by atoms with Crippen LogP contribution in [0.5, 0.6) is 0 Å². The molecular weight excluding hydrogens is 528 g/mol. The van der Waals surface area contributed by atoms with Crippen LogP contribution in [0.4, 0.5) is 17.6 Å². The van der Waals surface area contributed by atoms with Gasteiger partial charge in [0, 0.05) is 36.8 Å². The first-order valence-corrected chi connectivity index (χ1v) is 13.9. The minimum atomic E-state index is -1.25. The summed E-state index contributed by atoms with van der Waals surface area (Å²) < 4.78 is 56.6. The van der Waals surface area contributed by atoms with Crippen molar-refractivity contribution in [3.05, 3.63) is 136 Å². The number of halogens is 4. The highest BCUT2D eigenvalue weighted by Gasteiger charge is 2.38. The van der Waals surface area contributed by atoms with Gasteiger partial charge in [-0.3, -0.25) is 9.59 Å². The van der Waals surface area contributed by atoms with Crippen LogP contribution >= 0.6 is 0 Å². The van der Waals surface area contributed by atoms with Gasteiger partial charge in [-0.2, -0.15) is 0 Å². The van der Waals surface area contributed by atoms with Crippen LogP contribution in [0.1, 0.15) is 72.0 Å². The number of rotatable bonds is 10. The Hall–Kier alpha value is -4.06. The van der Waals surface area contributed by atoms with Crippen LogP contribution in [0.25, 0.3) is 5.57 Å². The molecule has 2 atom stereocenters. The predicted octanol–water partition coefficient (Wildman–Crippen LogP) is 8.87. The van der Waals surface area contributed by atoms with Crippen LogP contribution in [0, 0.1) is 29.2 Å². The topological polar surface area (TPSA) is 34.1 Å². The Labute approximate surface area is 237 Å². The third-order valence-electron chi connectivity index (χ3n) is 8.04. The minimum absolute atomic E-state index is 0.122. The number of hydrogen-bond donors (Lipinski definition) is 0. The van der Waals surface area contributed by atoms with Crippen LogP contribution < -0.4 is 0 Å². The SMILES string of the molecule is CCC1=CC=C(CC(=O)CCc2ccccc2C2CC(c3ccc(F)cc3)=CC2C(=O)c2c(F)cc(F)cc2F)C1. The van der Waals surface area contributed by atoms with E-state index in [4.69, 9.17) is 0 Å². The van der Waals surface area contributed by atoms with E-state index >= 15 is 0 Å². The first-order valence-electron chi connectivity index (χ1n) is 13.9. The zero-order chi connectivity index (χ0) is 29.1. The van der Waals surface area contributed by atoms with Crippen molar-refractivity contribution < 1.29 is 27.2 Å². The van der Waals surface area contributed by atoms with Gasteiger partial charge in [-0.05, 0) is 60.1 Å². The molecular formula is C35H30F4O2. The van der Waals surface area contributed by atoms with E-state index < -0.39 is 46.5 Å². The summed E-state index contributed by atoms with van der Waals surface area (Å²) in [5.74, 6) is -6.11. The number of carbonyl (C=O) groups is 2. The summed E-state index contributed by atoms with van der Waals surface area (Å²) in [5.41, 5.74) is 4.77. The molecule has 5 rings (SSSR count). The van der Waals surface area contributed by atoms with E-state index in [1.807, 2.05) is 30.3 Å². The molecule has 2 aliphatic rings. The molecule has 0 saturated carbocycles. The smallest absolute Gasteiger partial charge is 0.176 e. The maximum atomic E-state index is 14.7. The molecule has 0 N–H and O–H groups in total. The molecule has 0 bridgehead atoms. The molecule has 0 amide bonds. The Morgan fingerprint density at radius 1 is 0.854 bits per heavy atom. The Kier molecular flexibility index (Phi) is 8.48. The summed E-state index contributed by atoms with van der Waals surface area (Å²) in [7, 11) is 0. The first-order chi connectivity index (χ1) is 19.7. The molecule has 6 heteroatoms. The lowest BCUT2D eigenvalue weighted by Crippen LogP contribution is -2.21. The Morgan fingerprint density at radius 2 is 1.54 bits per heavy atom. The largest absolute Gasteiger partial charge is 0.299 e. The number of ketones is 2. The second-order valence-corrected chi connectivity index (χ2v) is 10.7. The second-order valence-electron chi connectivity index (χ2n) is 10.7. The molecule has 210 valence electrons. The zero-order valence-electron chi connectivity index (χ0n) is 22.7. The summed E-state index contributed by atoms with van der Waals surface area (Å²) in [6, 6.07) is 14.3. The number of carbonyl (C=O) groups excluding carboxylic acids is 2. The molecule has 2 unspecified atom stereocenters. The number of aryl methyl sites for hydroxylation is 1.